The van der Waals surface area contributed by atoms with Crippen LogP contribution in [0.25, 0.3) is 11.0 Å². The van der Waals surface area contributed by atoms with Gasteiger partial charge in [-0.3, -0.25) is 9.78 Å². The van der Waals surface area contributed by atoms with E-state index in [-0.39, 0.29) is 22.6 Å². The summed E-state index contributed by atoms with van der Waals surface area (Å²) >= 11 is 0. The molecule has 0 aliphatic carbocycles. The van der Waals surface area contributed by atoms with E-state index < -0.39 is 0 Å². The van der Waals surface area contributed by atoms with Gasteiger partial charge in [-0.25, -0.2) is 4.68 Å². The zero-order valence-electron chi connectivity index (χ0n) is 16.7. The van der Waals surface area contributed by atoms with Crippen molar-refractivity contribution in [2.24, 2.45) is 11.3 Å². The van der Waals surface area contributed by atoms with Crippen LogP contribution in [0.4, 0.5) is 5.95 Å². The Balaban J connectivity index is 1.84. The summed E-state index contributed by atoms with van der Waals surface area (Å²) in [6, 6.07) is 0. The predicted molar refractivity (Wildman–Crippen MR) is 104 cm³/mol. The van der Waals surface area contributed by atoms with Gasteiger partial charge in [0.1, 0.15) is 5.39 Å². The summed E-state index contributed by atoms with van der Waals surface area (Å²) in [6.45, 7) is 14.3. The van der Waals surface area contributed by atoms with E-state index in [2.05, 4.69) is 41.2 Å². The summed E-state index contributed by atoms with van der Waals surface area (Å²) in [4.78, 5) is 19.9. The van der Waals surface area contributed by atoms with Crippen molar-refractivity contribution in [3.8, 4) is 0 Å². The molecule has 1 aliphatic heterocycles. The van der Waals surface area contributed by atoms with Gasteiger partial charge in [0.25, 0.3) is 5.56 Å². The Morgan fingerprint density at radius 3 is 2.69 bits per heavy atom. The molecule has 1 saturated heterocycles. The molecule has 1 aliphatic rings. The van der Waals surface area contributed by atoms with E-state index in [9.17, 15) is 4.79 Å². The van der Waals surface area contributed by atoms with E-state index in [0.29, 0.717) is 22.9 Å². The van der Waals surface area contributed by atoms with Gasteiger partial charge >= 0.3 is 0 Å². The first-order valence-electron chi connectivity index (χ1n) is 9.41. The van der Waals surface area contributed by atoms with Gasteiger partial charge in [0.15, 0.2) is 5.65 Å². The Kier molecular flexibility index (Phi) is 4.86. The Morgan fingerprint density at radius 1 is 1.31 bits per heavy atom. The number of H-pyrrole nitrogens is 1. The number of nitrogens with zero attached hydrogens (tertiary/aromatic N) is 3. The van der Waals surface area contributed by atoms with Crippen LogP contribution in [0.3, 0.4) is 0 Å². The molecule has 144 valence electrons. The molecule has 2 aromatic heterocycles. The zero-order valence-corrected chi connectivity index (χ0v) is 16.7. The molecular formula is C19H31N5O2. The summed E-state index contributed by atoms with van der Waals surface area (Å²) in [7, 11) is 0. The maximum atomic E-state index is 12.4. The van der Waals surface area contributed by atoms with Crippen molar-refractivity contribution >= 4 is 17.0 Å². The van der Waals surface area contributed by atoms with E-state index in [1.54, 1.807) is 10.9 Å². The molecule has 2 unspecified atom stereocenters. The Bertz CT molecular complexity index is 825. The van der Waals surface area contributed by atoms with Crippen molar-refractivity contribution in [2.45, 2.75) is 66.0 Å². The molecular weight excluding hydrogens is 330 g/mol. The standard InChI is InChI=1S/C19H31N5O2/c1-18(2,3)14-12(8-7-9-26-14)10-20-17-22-15-13(16(25)23-17)11-21-24(15)19(4,5)6/h11-12,14H,7-10H2,1-6H3,(H2,20,22,23,25). The molecule has 7 heteroatoms. The largest absolute Gasteiger partial charge is 0.377 e. The van der Waals surface area contributed by atoms with Crippen molar-refractivity contribution in [3.63, 3.8) is 0 Å². The van der Waals surface area contributed by atoms with Crippen LogP contribution >= 0.6 is 0 Å². The maximum absolute atomic E-state index is 12.4. The molecule has 2 aromatic rings. The summed E-state index contributed by atoms with van der Waals surface area (Å²) in [5.74, 6) is 0.879. The zero-order chi connectivity index (χ0) is 19.1. The SMILES string of the molecule is CC(C)(C)C1OCCCC1CNc1nc2c(cnn2C(C)(C)C)c(=O)[nH]1. The second-order valence-corrected chi connectivity index (χ2v) is 9.32. The van der Waals surface area contributed by atoms with E-state index in [4.69, 9.17) is 4.74 Å². The summed E-state index contributed by atoms with van der Waals surface area (Å²) in [5, 5.41) is 8.19. The third-order valence-electron chi connectivity index (χ3n) is 4.90. The minimum atomic E-state index is -0.242. The molecule has 0 bridgehead atoms. The first-order valence-corrected chi connectivity index (χ1v) is 9.41. The third kappa shape index (κ3) is 3.77. The van der Waals surface area contributed by atoms with Gasteiger partial charge in [0.2, 0.25) is 5.95 Å². The van der Waals surface area contributed by atoms with Gasteiger partial charge in [-0.1, -0.05) is 20.8 Å². The second kappa shape index (κ2) is 6.68. The van der Waals surface area contributed by atoms with Crippen LogP contribution in [0.2, 0.25) is 0 Å². The number of aromatic nitrogens is 4. The fraction of sp³-hybridized carbons (Fsp3) is 0.737. The van der Waals surface area contributed by atoms with Crippen molar-refractivity contribution in [1.82, 2.24) is 19.7 Å². The molecule has 1 fully saturated rings. The van der Waals surface area contributed by atoms with Crippen LogP contribution in [0.15, 0.2) is 11.0 Å². The molecule has 0 saturated carbocycles. The first-order chi connectivity index (χ1) is 12.1. The van der Waals surface area contributed by atoms with Gasteiger partial charge < -0.3 is 10.1 Å². The molecule has 3 heterocycles. The smallest absolute Gasteiger partial charge is 0.263 e. The van der Waals surface area contributed by atoms with Crippen molar-refractivity contribution < 1.29 is 4.74 Å². The van der Waals surface area contributed by atoms with Gasteiger partial charge in [-0.15, -0.1) is 0 Å². The Hall–Kier alpha value is -1.89. The molecule has 2 N–H and O–H groups in total. The van der Waals surface area contributed by atoms with E-state index in [0.717, 1.165) is 26.0 Å². The molecule has 0 spiro atoms. The van der Waals surface area contributed by atoms with Crippen LogP contribution in [-0.4, -0.2) is 39.0 Å². The van der Waals surface area contributed by atoms with E-state index in [1.807, 2.05) is 20.8 Å². The number of hydrogen-bond donors (Lipinski definition) is 2. The minimum Gasteiger partial charge on any atom is -0.377 e. The molecule has 3 rings (SSSR count). The summed E-state index contributed by atoms with van der Waals surface area (Å²) in [6.07, 6.45) is 3.96. The number of anilines is 1. The fourth-order valence-corrected chi connectivity index (χ4v) is 3.73. The quantitative estimate of drug-likeness (QED) is 0.877. The van der Waals surface area contributed by atoms with Gasteiger partial charge in [0, 0.05) is 19.1 Å². The summed E-state index contributed by atoms with van der Waals surface area (Å²) < 4.78 is 7.84. The molecule has 26 heavy (non-hydrogen) atoms. The van der Waals surface area contributed by atoms with Gasteiger partial charge in [0.05, 0.1) is 17.8 Å². The normalized spacial score (nSPS) is 21.9. The topological polar surface area (TPSA) is 84.8 Å². The van der Waals surface area contributed by atoms with Crippen molar-refractivity contribution in [2.75, 3.05) is 18.5 Å². The van der Waals surface area contributed by atoms with E-state index >= 15 is 0 Å². The highest BCUT2D eigenvalue weighted by Crippen LogP contribution is 2.34. The van der Waals surface area contributed by atoms with Gasteiger partial charge in [-0.05, 0) is 39.0 Å². The van der Waals surface area contributed by atoms with Crippen LogP contribution < -0.4 is 10.9 Å². The van der Waals surface area contributed by atoms with Gasteiger partial charge in [-0.2, -0.15) is 10.1 Å². The second-order valence-electron chi connectivity index (χ2n) is 9.32. The monoisotopic (exact) mass is 361 g/mol. The number of nitrogens with one attached hydrogen (secondary N) is 2. The molecule has 0 radical (unpaired) electrons. The lowest BCUT2D eigenvalue weighted by atomic mass is 9.78. The highest BCUT2D eigenvalue weighted by Gasteiger charge is 2.35. The molecule has 2 atom stereocenters. The number of fused-ring (bicyclic) bond motifs is 1. The average molecular weight is 361 g/mol. The summed E-state index contributed by atoms with van der Waals surface area (Å²) in [5.41, 5.74) is 0.285. The van der Waals surface area contributed by atoms with Crippen LogP contribution in [0, 0.1) is 11.3 Å². The average Bonchev–Trinajstić information content (AvgIpc) is 2.97. The lowest BCUT2D eigenvalue weighted by Crippen LogP contribution is -2.43. The molecule has 0 amide bonds. The predicted octanol–water partition coefficient (Wildman–Crippen LogP) is 3.13. The van der Waals surface area contributed by atoms with Crippen LogP contribution in [0.5, 0.6) is 0 Å². The van der Waals surface area contributed by atoms with Crippen molar-refractivity contribution in [3.05, 3.63) is 16.6 Å². The van der Waals surface area contributed by atoms with Crippen LogP contribution in [0.1, 0.15) is 54.4 Å². The Morgan fingerprint density at radius 2 is 2.04 bits per heavy atom. The molecule has 7 nitrogen and oxygen atoms in total. The lowest BCUT2D eigenvalue weighted by Gasteiger charge is -2.40. The minimum absolute atomic E-state index is 0.0857. The first kappa shape index (κ1) is 18.9. The Labute approximate surface area is 154 Å². The third-order valence-corrected chi connectivity index (χ3v) is 4.90. The number of aromatic amines is 1. The van der Waals surface area contributed by atoms with E-state index in [1.165, 1.54) is 0 Å². The lowest BCUT2D eigenvalue weighted by molar-refractivity contribution is -0.0814. The number of hydrogen-bond acceptors (Lipinski definition) is 5. The maximum Gasteiger partial charge on any atom is 0.263 e. The van der Waals surface area contributed by atoms with Crippen LogP contribution in [-0.2, 0) is 10.3 Å². The highest BCUT2D eigenvalue weighted by atomic mass is 16.5. The fourth-order valence-electron chi connectivity index (χ4n) is 3.73. The van der Waals surface area contributed by atoms with Crippen molar-refractivity contribution in [1.29, 1.82) is 0 Å². The number of ether oxygens (including phenoxy) is 1. The highest BCUT2D eigenvalue weighted by molar-refractivity contribution is 5.74. The number of rotatable bonds is 3. The molecule has 0 aromatic carbocycles.